The van der Waals surface area contributed by atoms with Crippen molar-refractivity contribution in [2.24, 2.45) is 12.5 Å². The third-order valence-electron chi connectivity index (χ3n) is 6.10. The van der Waals surface area contributed by atoms with Gasteiger partial charge in [0.1, 0.15) is 7.05 Å². The molecule has 1 aliphatic rings. The summed E-state index contributed by atoms with van der Waals surface area (Å²) in [5.74, 6) is 0. The van der Waals surface area contributed by atoms with Crippen molar-refractivity contribution in [2.75, 3.05) is 0 Å². The van der Waals surface area contributed by atoms with E-state index < -0.39 is 0 Å². The topological polar surface area (TPSA) is 3.88 Å². The van der Waals surface area contributed by atoms with Gasteiger partial charge in [-0.3, -0.25) is 0 Å². The molecule has 0 fully saturated rings. The molecule has 1 nitrogen and oxygen atoms in total. The number of aromatic nitrogens is 1. The fourth-order valence-corrected chi connectivity index (χ4v) is 4.67. The average Bonchev–Trinajstić information content (AvgIpc) is 2.96. The van der Waals surface area contributed by atoms with Gasteiger partial charge in [-0.05, 0) is 78.5 Å². The van der Waals surface area contributed by atoms with Gasteiger partial charge in [0.2, 0.25) is 5.69 Å². The van der Waals surface area contributed by atoms with E-state index in [0.717, 1.165) is 12.8 Å². The van der Waals surface area contributed by atoms with E-state index >= 15 is 0 Å². The molecule has 28 heavy (non-hydrogen) atoms. The highest BCUT2D eigenvalue weighted by Crippen LogP contribution is 2.41. The van der Waals surface area contributed by atoms with Gasteiger partial charge in [0, 0.05) is 17.2 Å². The number of aryl methyl sites for hydroxylation is 3. The first kappa shape index (κ1) is 18.9. The summed E-state index contributed by atoms with van der Waals surface area (Å²) in [6, 6.07) is 13.9. The standard InChI is InChI=1S/C27H32N/c1-17-8-9-23-20(12-17)14-25-19(3)22(10-11-24(23)25)26-13-18(2)21(16-28(26)7)15-27(4,5)6/h8-13,16H,14-15H2,1-7H3/q+1. The van der Waals surface area contributed by atoms with Gasteiger partial charge in [0.05, 0.1) is 0 Å². The Morgan fingerprint density at radius 2 is 1.57 bits per heavy atom. The highest BCUT2D eigenvalue weighted by molar-refractivity contribution is 5.82. The highest BCUT2D eigenvalue weighted by atomic mass is 14.9. The molecule has 0 saturated heterocycles. The summed E-state index contributed by atoms with van der Waals surface area (Å²) in [5, 5.41) is 0. The zero-order chi connectivity index (χ0) is 20.2. The van der Waals surface area contributed by atoms with Crippen molar-refractivity contribution >= 4 is 0 Å². The number of benzene rings is 2. The zero-order valence-corrected chi connectivity index (χ0v) is 18.4. The first-order valence-corrected chi connectivity index (χ1v) is 10.4. The van der Waals surface area contributed by atoms with Crippen LogP contribution in [0, 0.1) is 26.2 Å². The van der Waals surface area contributed by atoms with Crippen LogP contribution in [-0.4, -0.2) is 0 Å². The van der Waals surface area contributed by atoms with E-state index in [2.05, 4.69) is 95.8 Å². The van der Waals surface area contributed by atoms with E-state index in [-0.39, 0.29) is 0 Å². The predicted octanol–water partition coefficient (Wildman–Crippen LogP) is 6.26. The zero-order valence-electron chi connectivity index (χ0n) is 18.4. The van der Waals surface area contributed by atoms with Crippen LogP contribution in [0.2, 0.25) is 0 Å². The summed E-state index contributed by atoms with van der Waals surface area (Å²) < 4.78 is 2.31. The minimum atomic E-state index is 0.298. The molecule has 1 aromatic heterocycles. The molecule has 0 atom stereocenters. The largest absolute Gasteiger partial charge is 0.212 e. The average molecular weight is 371 g/mol. The number of rotatable bonds is 2. The van der Waals surface area contributed by atoms with Crippen molar-refractivity contribution < 1.29 is 4.57 Å². The smallest absolute Gasteiger partial charge is 0.201 e. The van der Waals surface area contributed by atoms with Crippen molar-refractivity contribution in [2.45, 2.75) is 54.4 Å². The maximum Gasteiger partial charge on any atom is 0.212 e. The number of nitrogens with zero attached hydrogens (tertiary/aromatic N) is 1. The summed E-state index contributed by atoms with van der Waals surface area (Å²) in [6.45, 7) is 13.7. The molecule has 0 spiro atoms. The third kappa shape index (κ3) is 3.28. The van der Waals surface area contributed by atoms with Gasteiger partial charge in [-0.1, -0.05) is 50.6 Å². The van der Waals surface area contributed by atoms with E-state index in [4.69, 9.17) is 0 Å². The van der Waals surface area contributed by atoms with E-state index in [0.29, 0.717) is 5.41 Å². The molecule has 0 amide bonds. The molecule has 0 bridgehead atoms. The Labute approximate surface area is 170 Å². The van der Waals surface area contributed by atoms with Crippen molar-refractivity contribution in [3.8, 4) is 22.4 Å². The van der Waals surface area contributed by atoms with E-state index in [1.807, 2.05) is 0 Å². The second kappa shape index (κ2) is 6.58. The Bertz CT molecular complexity index is 1080. The van der Waals surface area contributed by atoms with Crippen LogP contribution in [0.4, 0.5) is 0 Å². The fraction of sp³-hybridized carbons (Fsp3) is 0.370. The van der Waals surface area contributed by atoms with Crippen LogP contribution >= 0.6 is 0 Å². The van der Waals surface area contributed by atoms with Gasteiger partial charge in [0.15, 0.2) is 6.20 Å². The van der Waals surface area contributed by atoms with Crippen molar-refractivity contribution in [3.63, 3.8) is 0 Å². The first-order chi connectivity index (χ1) is 13.1. The number of hydrogen-bond acceptors (Lipinski definition) is 0. The summed E-state index contributed by atoms with van der Waals surface area (Å²) in [5.41, 5.74) is 14.4. The maximum absolute atomic E-state index is 2.38. The lowest BCUT2D eigenvalue weighted by molar-refractivity contribution is -0.660. The molecule has 1 aliphatic carbocycles. The lowest BCUT2D eigenvalue weighted by atomic mass is 9.86. The summed E-state index contributed by atoms with van der Waals surface area (Å²) in [6.07, 6.45) is 4.49. The Morgan fingerprint density at radius 1 is 0.893 bits per heavy atom. The lowest BCUT2D eigenvalue weighted by Gasteiger charge is -2.19. The summed E-state index contributed by atoms with van der Waals surface area (Å²) >= 11 is 0. The second-order valence-corrected chi connectivity index (χ2v) is 9.82. The first-order valence-electron chi connectivity index (χ1n) is 10.4. The van der Waals surface area contributed by atoms with Crippen LogP contribution in [0.3, 0.4) is 0 Å². The monoisotopic (exact) mass is 370 g/mol. The SMILES string of the molecule is Cc1ccc2c(c1)Cc1c-2ccc(-c2cc(C)c(CC(C)(C)C)c[n+]2C)c1C. The van der Waals surface area contributed by atoms with Gasteiger partial charge < -0.3 is 0 Å². The molecule has 2 aromatic carbocycles. The molecule has 1 heteroatoms. The third-order valence-corrected chi connectivity index (χ3v) is 6.10. The van der Waals surface area contributed by atoms with E-state index in [1.165, 1.54) is 55.8 Å². The molecule has 144 valence electrons. The molecule has 0 aliphatic heterocycles. The van der Waals surface area contributed by atoms with E-state index in [9.17, 15) is 0 Å². The Morgan fingerprint density at radius 3 is 2.29 bits per heavy atom. The predicted molar refractivity (Wildman–Crippen MR) is 119 cm³/mol. The minimum absolute atomic E-state index is 0.298. The van der Waals surface area contributed by atoms with Crippen LogP contribution < -0.4 is 4.57 Å². The second-order valence-electron chi connectivity index (χ2n) is 9.82. The Balaban J connectivity index is 1.79. The molecule has 0 unspecified atom stereocenters. The highest BCUT2D eigenvalue weighted by Gasteiger charge is 2.25. The van der Waals surface area contributed by atoms with Crippen LogP contribution in [0.25, 0.3) is 22.4 Å². The van der Waals surface area contributed by atoms with Crippen LogP contribution in [0.1, 0.15) is 54.2 Å². The normalized spacial score (nSPS) is 12.8. The molecule has 0 N–H and O–H groups in total. The van der Waals surface area contributed by atoms with Crippen molar-refractivity contribution in [1.29, 1.82) is 0 Å². The summed E-state index contributed by atoms with van der Waals surface area (Å²) in [4.78, 5) is 0. The maximum atomic E-state index is 2.38. The molecule has 0 radical (unpaired) electrons. The van der Waals surface area contributed by atoms with Crippen LogP contribution in [-0.2, 0) is 19.9 Å². The minimum Gasteiger partial charge on any atom is -0.201 e. The van der Waals surface area contributed by atoms with Gasteiger partial charge in [-0.15, -0.1) is 0 Å². The van der Waals surface area contributed by atoms with Crippen molar-refractivity contribution in [3.05, 3.63) is 76.0 Å². The molecule has 1 heterocycles. The molecular formula is C27H32N+. The quantitative estimate of drug-likeness (QED) is 0.366. The number of hydrogen-bond donors (Lipinski definition) is 0. The molecule has 3 aromatic rings. The van der Waals surface area contributed by atoms with Gasteiger partial charge in [-0.25, -0.2) is 4.57 Å². The number of pyridine rings is 1. The Hall–Kier alpha value is -2.41. The van der Waals surface area contributed by atoms with Gasteiger partial charge >= 0.3 is 0 Å². The molecule has 4 rings (SSSR count). The van der Waals surface area contributed by atoms with Gasteiger partial charge in [0.25, 0.3) is 0 Å². The van der Waals surface area contributed by atoms with Crippen LogP contribution in [0.5, 0.6) is 0 Å². The molecule has 0 saturated carbocycles. The summed E-state index contributed by atoms with van der Waals surface area (Å²) in [7, 11) is 2.19. The van der Waals surface area contributed by atoms with Crippen molar-refractivity contribution in [1.82, 2.24) is 0 Å². The molecular weight excluding hydrogens is 338 g/mol. The van der Waals surface area contributed by atoms with Gasteiger partial charge in [-0.2, -0.15) is 0 Å². The number of fused-ring (bicyclic) bond motifs is 3. The Kier molecular flexibility index (Phi) is 4.45. The fourth-order valence-electron chi connectivity index (χ4n) is 4.67. The lowest BCUT2D eigenvalue weighted by Crippen LogP contribution is -2.32. The van der Waals surface area contributed by atoms with Crippen LogP contribution in [0.15, 0.2) is 42.6 Å². The van der Waals surface area contributed by atoms with E-state index in [1.54, 1.807) is 0 Å².